The van der Waals surface area contributed by atoms with E-state index in [1.807, 2.05) is 0 Å². The molecule has 3 N–H and O–H groups in total. The van der Waals surface area contributed by atoms with Crippen molar-refractivity contribution in [2.45, 2.75) is 6.92 Å². The van der Waals surface area contributed by atoms with Gasteiger partial charge >= 0.3 is 0 Å². The molecule has 0 aliphatic heterocycles. The first kappa shape index (κ1) is 12.1. The Morgan fingerprint density at radius 1 is 1.17 bits per heavy atom. The predicted molar refractivity (Wildman–Crippen MR) is 69.9 cm³/mol. The van der Waals surface area contributed by atoms with Crippen LogP contribution in [0.4, 0.5) is 15.8 Å². The molecule has 92 valence electrons. The highest BCUT2D eigenvalue weighted by molar-refractivity contribution is 6.04. The van der Waals surface area contributed by atoms with Crippen LogP contribution in [-0.2, 0) is 0 Å². The van der Waals surface area contributed by atoms with Gasteiger partial charge in [0.15, 0.2) is 0 Å². The summed E-state index contributed by atoms with van der Waals surface area (Å²) in [6.07, 6.45) is 0. The van der Waals surface area contributed by atoms with Gasteiger partial charge in [-0.2, -0.15) is 0 Å². The van der Waals surface area contributed by atoms with Gasteiger partial charge in [-0.25, -0.2) is 4.39 Å². The van der Waals surface area contributed by atoms with Crippen molar-refractivity contribution in [3.8, 4) is 0 Å². The molecule has 0 aromatic heterocycles. The first-order chi connectivity index (χ1) is 8.58. The minimum Gasteiger partial charge on any atom is -0.399 e. The number of hydrogen-bond acceptors (Lipinski definition) is 2. The van der Waals surface area contributed by atoms with E-state index in [1.54, 1.807) is 43.3 Å². The summed E-state index contributed by atoms with van der Waals surface area (Å²) in [6, 6.07) is 11.1. The van der Waals surface area contributed by atoms with Crippen molar-refractivity contribution >= 4 is 17.3 Å². The van der Waals surface area contributed by atoms with Gasteiger partial charge < -0.3 is 11.1 Å². The van der Waals surface area contributed by atoms with Crippen LogP contribution in [0.25, 0.3) is 0 Å². The maximum Gasteiger partial charge on any atom is 0.255 e. The molecule has 0 heterocycles. The lowest BCUT2D eigenvalue weighted by atomic mass is 10.1. The first-order valence-corrected chi connectivity index (χ1v) is 5.50. The summed E-state index contributed by atoms with van der Waals surface area (Å²) in [5, 5.41) is 2.56. The Hall–Kier alpha value is -2.36. The molecule has 0 aliphatic rings. The van der Waals surface area contributed by atoms with E-state index in [0.29, 0.717) is 16.8 Å². The molecule has 0 unspecified atom stereocenters. The normalized spacial score (nSPS) is 10.1. The largest absolute Gasteiger partial charge is 0.399 e. The predicted octanol–water partition coefficient (Wildman–Crippen LogP) is 2.97. The molecule has 2 aromatic rings. The fraction of sp³-hybridized carbons (Fsp3) is 0.0714. The van der Waals surface area contributed by atoms with E-state index in [1.165, 1.54) is 6.07 Å². The van der Waals surface area contributed by atoms with E-state index in [2.05, 4.69) is 5.32 Å². The van der Waals surface area contributed by atoms with Gasteiger partial charge in [0.05, 0.1) is 5.69 Å². The summed E-state index contributed by atoms with van der Waals surface area (Å²) in [6.45, 7) is 1.74. The highest BCUT2D eigenvalue weighted by Gasteiger charge is 2.10. The maximum absolute atomic E-state index is 13.6. The van der Waals surface area contributed by atoms with Gasteiger partial charge in [-0.1, -0.05) is 12.1 Å². The van der Waals surface area contributed by atoms with Gasteiger partial charge in [-0.15, -0.1) is 0 Å². The second kappa shape index (κ2) is 4.87. The van der Waals surface area contributed by atoms with Gasteiger partial charge in [-0.3, -0.25) is 4.79 Å². The third-order valence-corrected chi connectivity index (χ3v) is 2.63. The second-order valence-corrected chi connectivity index (χ2v) is 4.01. The summed E-state index contributed by atoms with van der Waals surface area (Å²) in [5.74, 6) is -0.804. The molecule has 0 saturated heterocycles. The smallest absolute Gasteiger partial charge is 0.255 e. The molecule has 0 saturated carbocycles. The third kappa shape index (κ3) is 2.48. The van der Waals surface area contributed by atoms with E-state index in [9.17, 15) is 9.18 Å². The van der Waals surface area contributed by atoms with Crippen LogP contribution in [0.2, 0.25) is 0 Å². The molecule has 1 amide bonds. The van der Waals surface area contributed by atoms with Crippen LogP contribution in [-0.4, -0.2) is 5.91 Å². The molecule has 3 nitrogen and oxygen atoms in total. The molecule has 2 aromatic carbocycles. The Morgan fingerprint density at radius 2 is 1.83 bits per heavy atom. The Labute approximate surface area is 104 Å². The topological polar surface area (TPSA) is 55.1 Å². The zero-order valence-electron chi connectivity index (χ0n) is 9.91. The number of anilines is 2. The molecule has 0 bridgehead atoms. The third-order valence-electron chi connectivity index (χ3n) is 2.63. The number of hydrogen-bond donors (Lipinski definition) is 2. The second-order valence-electron chi connectivity index (χ2n) is 4.01. The number of carbonyl (C=O) groups excluding carboxylic acids is 1. The maximum atomic E-state index is 13.6. The average molecular weight is 244 g/mol. The lowest BCUT2D eigenvalue weighted by molar-refractivity contribution is 0.102. The van der Waals surface area contributed by atoms with Crippen molar-refractivity contribution in [2.24, 2.45) is 0 Å². The zero-order chi connectivity index (χ0) is 13.1. The number of benzene rings is 2. The molecule has 0 spiro atoms. The average Bonchev–Trinajstić information content (AvgIpc) is 2.34. The molecule has 4 heteroatoms. The Balaban J connectivity index is 2.24. The van der Waals surface area contributed by atoms with Crippen molar-refractivity contribution in [1.29, 1.82) is 0 Å². The quantitative estimate of drug-likeness (QED) is 0.798. The van der Waals surface area contributed by atoms with Gasteiger partial charge in [0.25, 0.3) is 5.91 Å². The summed E-state index contributed by atoms with van der Waals surface area (Å²) < 4.78 is 13.6. The van der Waals surface area contributed by atoms with E-state index in [0.717, 1.165) is 0 Å². The molecular weight excluding hydrogens is 231 g/mol. The first-order valence-electron chi connectivity index (χ1n) is 5.50. The van der Waals surface area contributed by atoms with Crippen LogP contribution < -0.4 is 11.1 Å². The SMILES string of the molecule is Cc1cccc(F)c1NC(=O)c1ccc(N)cc1. The number of nitrogens with one attached hydrogen (secondary N) is 1. The van der Waals surface area contributed by atoms with Crippen LogP contribution in [0.1, 0.15) is 15.9 Å². The van der Waals surface area contributed by atoms with Gasteiger partial charge in [0.2, 0.25) is 0 Å². The molecule has 0 aliphatic carbocycles. The number of para-hydroxylation sites is 1. The number of carbonyl (C=O) groups is 1. The number of nitrogens with two attached hydrogens (primary N) is 1. The molecular formula is C14H13FN2O. The van der Waals surface area contributed by atoms with E-state index in [-0.39, 0.29) is 11.6 Å². The molecule has 18 heavy (non-hydrogen) atoms. The fourth-order valence-electron chi connectivity index (χ4n) is 1.61. The summed E-state index contributed by atoms with van der Waals surface area (Å²) in [7, 11) is 0. The summed E-state index contributed by atoms with van der Waals surface area (Å²) in [4.78, 5) is 11.9. The lowest BCUT2D eigenvalue weighted by Gasteiger charge is -2.09. The Morgan fingerprint density at radius 3 is 2.44 bits per heavy atom. The molecule has 0 fully saturated rings. The van der Waals surface area contributed by atoms with E-state index < -0.39 is 5.82 Å². The van der Waals surface area contributed by atoms with Crippen LogP contribution in [0.15, 0.2) is 42.5 Å². The van der Waals surface area contributed by atoms with Crippen molar-refractivity contribution in [1.82, 2.24) is 0 Å². The molecule has 0 atom stereocenters. The minimum atomic E-state index is -0.446. The number of aryl methyl sites for hydroxylation is 1. The Bertz CT molecular complexity index is 559. The Kier molecular flexibility index (Phi) is 3.28. The highest BCUT2D eigenvalue weighted by Crippen LogP contribution is 2.19. The summed E-state index contributed by atoms with van der Waals surface area (Å²) in [5.41, 5.74) is 7.44. The van der Waals surface area contributed by atoms with E-state index >= 15 is 0 Å². The van der Waals surface area contributed by atoms with Crippen molar-refractivity contribution in [2.75, 3.05) is 11.1 Å². The monoisotopic (exact) mass is 244 g/mol. The molecule has 0 radical (unpaired) electrons. The van der Waals surface area contributed by atoms with Gasteiger partial charge in [0, 0.05) is 11.3 Å². The standard InChI is InChI=1S/C14H13FN2O/c1-9-3-2-4-12(15)13(9)17-14(18)10-5-7-11(16)8-6-10/h2-8H,16H2,1H3,(H,17,18). The van der Waals surface area contributed by atoms with Gasteiger partial charge in [0.1, 0.15) is 5.82 Å². The van der Waals surface area contributed by atoms with Crippen molar-refractivity contribution in [3.63, 3.8) is 0 Å². The number of rotatable bonds is 2. The van der Waals surface area contributed by atoms with Crippen LogP contribution in [0.5, 0.6) is 0 Å². The van der Waals surface area contributed by atoms with Crippen LogP contribution in [0.3, 0.4) is 0 Å². The minimum absolute atomic E-state index is 0.208. The number of amides is 1. The highest BCUT2D eigenvalue weighted by atomic mass is 19.1. The van der Waals surface area contributed by atoms with Crippen LogP contribution >= 0.6 is 0 Å². The van der Waals surface area contributed by atoms with E-state index in [4.69, 9.17) is 5.73 Å². The molecule has 2 rings (SSSR count). The summed E-state index contributed by atoms with van der Waals surface area (Å²) >= 11 is 0. The number of halogens is 1. The van der Waals surface area contributed by atoms with Crippen molar-refractivity contribution < 1.29 is 9.18 Å². The number of nitrogen functional groups attached to an aromatic ring is 1. The van der Waals surface area contributed by atoms with Crippen molar-refractivity contribution in [3.05, 3.63) is 59.4 Å². The lowest BCUT2D eigenvalue weighted by Crippen LogP contribution is -2.14. The van der Waals surface area contributed by atoms with Crippen LogP contribution in [0, 0.1) is 12.7 Å². The zero-order valence-corrected chi connectivity index (χ0v) is 9.91. The fourth-order valence-corrected chi connectivity index (χ4v) is 1.61. The van der Waals surface area contributed by atoms with Gasteiger partial charge in [-0.05, 0) is 42.8 Å².